The smallest absolute Gasteiger partial charge is 0.406 e. The fourth-order valence-electron chi connectivity index (χ4n) is 3.29. The van der Waals surface area contributed by atoms with Crippen molar-refractivity contribution in [3.05, 3.63) is 41.2 Å². The van der Waals surface area contributed by atoms with E-state index in [4.69, 9.17) is 10.8 Å². The first kappa shape index (κ1) is 20.8. The summed E-state index contributed by atoms with van der Waals surface area (Å²) >= 11 is 0. The first-order valence-corrected chi connectivity index (χ1v) is 8.68. The molecule has 1 aromatic carbocycles. The Morgan fingerprint density at radius 1 is 1.33 bits per heavy atom. The Morgan fingerprint density at radius 2 is 2.04 bits per heavy atom. The van der Waals surface area contributed by atoms with Crippen LogP contribution in [0.25, 0.3) is 11.1 Å². The molecule has 1 heterocycles. The molecule has 0 fully saturated rings. The van der Waals surface area contributed by atoms with Crippen molar-refractivity contribution < 1.29 is 27.8 Å². The van der Waals surface area contributed by atoms with Gasteiger partial charge in [-0.25, -0.2) is 0 Å². The van der Waals surface area contributed by atoms with Gasteiger partial charge in [0.1, 0.15) is 5.75 Å². The summed E-state index contributed by atoms with van der Waals surface area (Å²) in [6.45, 7) is 4.18. The number of aromatic nitrogens is 1. The number of carbonyl (C=O) groups is 1. The van der Waals surface area contributed by atoms with Crippen molar-refractivity contribution in [1.29, 1.82) is 0 Å². The molecule has 0 aliphatic carbocycles. The number of benzene rings is 1. The van der Waals surface area contributed by atoms with Gasteiger partial charge in [-0.3, -0.25) is 4.79 Å². The zero-order valence-corrected chi connectivity index (χ0v) is 15.3. The summed E-state index contributed by atoms with van der Waals surface area (Å²) in [4.78, 5) is 12.1. The van der Waals surface area contributed by atoms with Gasteiger partial charge in [0.25, 0.3) is 5.91 Å². The van der Waals surface area contributed by atoms with E-state index >= 15 is 0 Å². The van der Waals surface area contributed by atoms with E-state index in [0.29, 0.717) is 36.2 Å². The summed E-state index contributed by atoms with van der Waals surface area (Å²) < 4.78 is 43.6. The topological polar surface area (TPSA) is 77.5 Å². The zero-order chi connectivity index (χ0) is 20.2. The normalized spacial score (nSPS) is 11.6. The fourth-order valence-corrected chi connectivity index (χ4v) is 3.29. The Hall–Kier alpha value is -2.48. The molecule has 0 spiro atoms. The predicted octanol–water partition coefficient (Wildman–Crippen LogP) is 3.80. The summed E-state index contributed by atoms with van der Waals surface area (Å²) in [5, 5.41) is 9.16. The molecular weight excluding hydrogens is 361 g/mol. The summed E-state index contributed by atoms with van der Waals surface area (Å²) in [5.74, 6) is -1.01. The number of aliphatic hydroxyl groups excluding tert-OH is 1. The van der Waals surface area contributed by atoms with Gasteiger partial charge >= 0.3 is 6.36 Å². The number of hydrogen-bond acceptors (Lipinski definition) is 3. The standard InChI is InChI=1S/C19H23F3N2O3/c1-3-6-15-17(13-7-4-8-14(11-13)27-19(20,21)22)16(18(23)26)12(2)24(15)9-5-10-25/h4,7-8,11,25H,3,5-6,9-10H2,1-2H3,(H2,23,26). The Balaban J connectivity index is 2.67. The molecule has 2 rings (SSSR count). The van der Waals surface area contributed by atoms with E-state index in [2.05, 4.69) is 4.74 Å². The van der Waals surface area contributed by atoms with Crippen LogP contribution in [0.2, 0.25) is 0 Å². The van der Waals surface area contributed by atoms with E-state index in [0.717, 1.165) is 12.1 Å². The third-order valence-corrected chi connectivity index (χ3v) is 4.26. The van der Waals surface area contributed by atoms with Crippen LogP contribution in [-0.2, 0) is 13.0 Å². The van der Waals surface area contributed by atoms with Crippen LogP contribution in [0.5, 0.6) is 5.75 Å². The molecule has 0 bridgehead atoms. The number of aliphatic hydroxyl groups is 1. The molecule has 1 amide bonds. The van der Waals surface area contributed by atoms with E-state index in [9.17, 15) is 18.0 Å². The van der Waals surface area contributed by atoms with Gasteiger partial charge < -0.3 is 20.1 Å². The maximum absolute atomic E-state index is 12.6. The van der Waals surface area contributed by atoms with Gasteiger partial charge in [0.2, 0.25) is 0 Å². The average molecular weight is 384 g/mol. The monoisotopic (exact) mass is 384 g/mol. The molecule has 2 aromatic rings. The highest BCUT2D eigenvalue weighted by Crippen LogP contribution is 2.36. The van der Waals surface area contributed by atoms with Crippen LogP contribution < -0.4 is 10.5 Å². The van der Waals surface area contributed by atoms with Crippen molar-refractivity contribution in [2.45, 2.75) is 46.0 Å². The number of alkyl halides is 3. The Labute approximate surface area is 155 Å². The van der Waals surface area contributed by atoms with Crippen molar-refractivity contribution in [2.75, 3.05) is 6.61 Å². The van der Waals surface area contributed by atoms with Crippen LogP contribution in [0.3, 0.4) is 0 Å². The maximum Gasteiger partial charge on any atom is 0.573 e. The predicted molar refractivity (Wildman–Crippen MR) is 95.5 cm³/mol. The van der Waals surface area contributed by atoms with E-state index in [1.165, 1.54) is 18.2 Å². The second-order valence-electron chi connectivity index (χ2n) is 6.20. The van der Waals surface area contributed by atoms with Crippen LogP contribution in [0.15, 0.2) is 24.3 Å². The molecule has 0 saturated heterocycles. The number of halogens is 3. The Kier molecular flexibility index (Phi) is 6.54. The van der Waals surface area contributed by atoms with Gasteiger partial charge in [-0.15, -0.1) is 13.2 Å². The number of amides is 1. The summed E-state index contributed by atoms with van der Waals surface area (Å²) in [5.41, 5.74) is 8.26. The zero-order valence-electron chi connectivity index (χ0n) is 15.3. The number of nitrogens with two attached hydrogens (primary N) is 1. The molecule has 8 heteroatoms. The highest BCUT2D eigenvalue weighted by Gasteiger charge is 2.31. The first-order chi connectivity index (χ1) is 12.7. The number of nitrogens with zero attached hydrogens (tertiary/aromatic N) is 1. The van der Waals surface area contributed by atoms with Crippen LogP contribution >= 0.6 is 0 Å². The molecule has 1 aromatic heterocycles. The summed E-state index contributed by atoms with van der Waals surface area (Å²) in [7, 11) is 0. The van der Waals surface area contributed by atoms with Crippen LogP contribution in [0, 0.1) is 6.92 Å². The molecule has 0 atom stereocenters. The first-order valence-electron chi connectivity index (χ1n) is 8.68. The summed E-state index contributed by atoms with van der Waals surface area (Å²) in [6.07, 6.45) is -2.94. The lowest BCUT2D eigenvalue weighted by molar-refractivity contribution is -0.274. The van der Waals surface area contributed by atoms with Crippen LogP contribution in [-0.4, -0.2) is 28.6 Å². The average Bonchev–Trinajstić information content (AvgIpc) is 2.84. The molecule has 0 aliphatic rings. The fraction of sp³-hybridized carbons (Fsp3) is 0.421. The number of ether oxygens (including phenoxy) is 1. The SMILES string of the molecule is CCCc1c(-c2cccc(OC(F)(F)F)c2)c(C(N)=O)c(C)n1CCCO. The van der Waals surface area contributed by atoms with Crippen molar-refractivity contribution in [3.63, 3.8) is 0 Å². The molecule has 0 radical (unpaired) electrons. The van der Waals surface area contributed by atoms with Gasteiger partial charge in [0.05, 0.1) is 5.56 Å². The van der Waals surface area contributed by atoms with Gasteiger partial charge in [0.15, 0.2) is 0 Å². The highest BCUT2D eigenvalue weighted by atomic mass is 19.4. The highest BCUT2D eigenvalue weighted by molar-refractivity contribution is 6.02. The van der Waals surface area contributed by atoms with Crippen molar-refractivity contribution >= 4 is 5.91 Å². The van der Waals surface area contributed by atoms with Crippen LogP contribution in [0.1, 0.15) is 41.5 Å². The van der Waals surface area contributed by atoms with E-state index < -0.39 is 12.3 Å². The molecule has 0 unspecified atom stereocenters. The van der Waals surface area contributed by atoms with Crippen molar-refractivity contribution in [2.24, 2.45) is 5.73 Å². The quantitative estimate of drug-likeness (QED) is 0.727. The lowest BCUT2D eigenvalue weighted by atomic mass is 9.98. The molecule has 3 N–H and O–H groups in total. The van der Waals surface area contributed by atoms with E-state index in [-0.39, 0.29) is 17.9 Å². The minimum Gasteiger partial charge on any atom is -0.406 e. The Morgan fingerprint density at radius 3 is 2.59 bits per heavy atom. The Bertz CT molecular complexity index is 813. The number of carbonyl (C=O) groups excluding carboxylic acids is 1. The molecule has 0 aliphatic heterocycles. The summed E-state index contributed by atoms with van der Waals surface area (Å²) in [6, 6.07) is 5.53. The number of hydrogen-bond donors (Lipinski definition) is 2. The minimum atomic E-state index is -4.81. The lowest BCUT2D eigenvalue weighted by Crippen LogP contribution is -2.17. The van der Waals surface area contributed by atoms with Crippen molar-refractivity contribution in [3.8, 4) is 16.9 Å². The molecule has 0 saturated carbocycles. The third kappa shape index (κ3) is 4.82. The molecule has 27 heavy (non-hydrogen) atoms. The van der Waals surface area contributed by atoms with Crippen LogP contribution in [0.4, 0.5) is 13.2 Å². The minimum absolute atomic E-state index is 0.0146. The van der Waals surface area contributed by atoms with Gasteiger partial charge in [-0.05, 0) is 37.5 Å². The lowest BCUT2D eigenvalue weighted by Gasteiger charge is -2.13. The second kappa shape index (κ2) is 8.47. The second-order valence-corrected chi connectivity index (χ2v) is 6.20. The van der Waals surface area contributed by atoms with Crippen molar-refractivity contribution in [1.82, 2.24) is 4.57 Å². The van der Waals surface area contributed by atoms with Gasteiger partial charge in [0, 0.05) is 30.1 Å². The maximum atomic E-state index is 12.6. The number of rotatable bonds is 8. The number of primary amides is 1. The molecular formula is C19H23F3N2O3. The largest absolute Gasteiger partial charge is 0.573 e. The molecule has 148 valence electrons. The molecule has 5 nitrogen and oxygen atoms in total. The van der Waals surface area contributed by atoms with Gasteiger partial charge in [-0.2, -0.15) is 0 Å². The van der Waals surface area contributed by atoms with E-state index in [1.54, 1.807) is 13.0 Å². The third-order valence-electron chi connectivity index (χ3n) is 4.26. The van der Waals surface area contributed by atoms with Gasteiger partial charge in [-0.1, -0.05) is 25.5 Å². The van der Waals surface area contributed by atoms with E-state index in [1.807, 2.05) is 11.5 Å².